The lowest BCUT2D eigenvalue weighted by Crippen LogP contribution is -2.36. The highest BCUT2D eigenvalue weighted by atomic mass is 19.1. The summed E-state index contributed by atoms with van der Waals surface area (Å²) in [5, 5.41) is 0. The Kier molecular flexibility index (Phi) is 4.64. The van der Waals surface area contributed by atoms with Crippen LogP contribution in [0.1, 0.15) is 36.5 Å². The summed E-state index contributed by atoms with van der Waals surface area (Å²) in [6, 6.07) is 3.01. The summed E-state index contributed by atoms with van der Waals surface area (Å²) in [6.45, 7) is 3.76. The van der Waals surface area contributed by atoms with Crippen molar-refractivity contribution < 1.29 is 13.6 Å². The number of rotatable bonds is 6. The van der Waals surface area contributed by atoms with Gasteiger partial charge >= 0.3 is 0 Å². The number of benzene rings is 1. The van der Waals surface area contributed by atoms with Gasteiger partial charge in [-0.15, -0.1) is 0 Å². The first-order valence-electron chi connectivity index (χ1n) is 6.80. The van der Waals surface area contributed by atoms with Gasteiger partial charge in [0, 0.05) is 6.54 Å². The fraction of sp³-hybridized carbons (Fsp3) is 0.533. The molecule has 0 atom stereocenters. The summed E-state index contributed by atoms with van der Waals surface area (Å²) in [5.74, 6) is -0.916. The highest BCUT2D eigenvalue weighted by molar-refractivity contribution is 5.97. The lowest BCUT2D eigenvalue weighted by molar-refractivity contribution is 0.0900. The molecule has 1 fully saturated rings. The van der Waals surface area contributed by atoms with E-state index in [1.54, 1.807) is 0 Å². The van der Waals surface area contributed by atoms with E-state index in [4.69, 9.17) is 0 Å². The van der Waals surface area contributed by atoms with Gasteiger partial charge < -0.3 is 0 Å². The van der Waals surface area contributed by atoms with Crippen molar-refractivity contribution in [3.63, 3.8) is 0 Å². The second kappa shape index (κ2) is 6.24. The van der Waals surface area contributed by atoms with E-state index >= 15 is 0 Å². The Morgan fingerprint density at radius 1 is 1.37 bits per heavy atom. The van der Waals surface area contributed by atoms with Gasteiger partial charge in [-0.2, -0.15) is 0 Å². The number of carbonyl (C=O) groups excluding carboxylic acids is 1. The Morgan fingerprint density at radius 2 is 2.11 bits per heavy atom. The summed E-state index contributed by atoms with van der Waals surface area (Å²) in [4.78, 5) is 14.0. The maximum Gasteiger partial charge on any atom is 0.179 e. The third kappa shape index (κ3) is 3.60. The second-order valence-corrected chi connectivity index (χ2v) is 5.17. The van der Waals surface area contributed by atoms with Gasteiger partial charge in [0.1, 0.15) is 11.6 Å². The number of hydrogen-bond donors (Lipinski definition) is 0. The zero-order valence-electron chi connectivity index (χ0n) is 11.2. The molecule has 0 unspecified atom stereocenters. The molecule has 2 nitrogen and oxygen atoms in total. The Hall–Kier alpha value is -1.29. The van der Waals surface area contributed by atoms with Crippen LogP contribution in [0.4, 0.5) is 8.78 Å². The standard InChI is InChI=1S/C15H19F2NO/c1-2-18(9-11-4-3-5-11)10-15(19)13-8-12(16)6-7-14(13)17/h6-8,11H,2-5,9-10H2,1H3. The van der Waals surface area contributed by atoms with Gasteiger partial charge in [0.05, 0.1) is 12.1 Å². The highest BCUT2D eigenvalue weighted by Gasteiger charge is 2.22. The van der Waals surface area contributed by atoms with E-state index in [1.807, 2.05) is 11.8 Å². The van der Waals surface area contributed by atoms with Crippen LogP contribution in [0.3, 0.4) is 0 Å². The van der Waals surface area contributed by atoms with E-state index in [0.717, 1.165) is 31.3 Å². The molecule has 1 aromatic rings. The van der Waals surface area contributed by atoms with Crippen LogP contribution in [-0.2, 0) is 0 Å². The van der Waals surface area contributed by atoms with Crippen molar-refractivity contribution in [2.75, 3.05) is 19.6 Å². The van der Waals surface area contributed by atoms with Crippen LogP contribution in [-0.4, -0.2) is 30.3 Å². The molecule has 0 amide bonds. The number of hydrogen-bond acceptors (Lipinski definition) is 2. The molecule has 4 heteroatoms. The van der Waals surface area contributed by atoms with Crippen LogP contribution in [0.2, 0.25) is 0 Å². The lowest BCUT2D eigenvalue weighted by atomic mass is 9.85. The van der Waals surface area contributed by atoms with Crippen molar-refractivity contribution in [2.24, 2.45) is 5.92 Å². The molecule has 2 rings (SSSR count). The minimum Gasteiger partial charge on any atom is -0.296 e. The SMILES string of the molecule is CCN(CC(=O)c1cc(F)ccc1F)CC1CCC1. The third-order valence-electron chi connectivity index (χ3n) is 3.78. The van der Waals surface area contributed by atoms with Gasteiger partial charge in [0.2, 0.25) is 0 Å². The van der Waals surface area contributed by atoms with Crippen LogP contribution in [0.25, 0.3) is 0 Å². The molecule has 0 N–H and O–H groups in total. The zero-order valence-corrected chi connectivity index (χ0v) is 11.2. The first-order valence-corrected chi connectivity index (χ1v) is 6.80. The Labute approximate surface area is 112 Å². The average Bonchev–Trinajstić information content (AvgIpc) is 2.34. The van der Waals surface area contributed by atoms with Crippen LogP contribution in [0.15, 0.2) is 18.2 Å². The van der Waals surface area contributed by atoms with E-state index in [2.05, 4.69) is 0 Å². The predicted octanol–water partition coefficient (Wildman–Crippen LogP) is 3.27. The molecule has 0 saturated heterocycles. The van der Waals surface area contributed by atoms with Gasteiger partial charge in [0.25, 0.3) is 0 Å². The van der Waals surface area contributed by atoms with E-state index in [1.165, 1.54) is 19.3 Å². The monoisotopic (exact) mass is 267 g/mol. The molecule has 19 heavy (non-hydrogen) atoms. The molecular weight excluding hydrogens is 248 g/mol. The molecule has 1 aliphatic rings. The molecule has 0 radical (unpaired) electrons. The predicted molar refractivity (Wildman–Crippen MR) is 70.1 cm³/mol. The van der Waals surface area contributed by atoms with E-state index in [9.17, 15) is 13.6 Å². The second-order valence-electron chi connectivity index (χ2n) is 5.17. The molecule has 0 heterocycles. The number of nitrogens with zero attached hydrogens (tertiary/aromatic N) is 1. The van der Waals surface area contributed by atoms with E-state index in [0.29, 0.717) is 5.92 Å². The van der Waals surface area contributed by atoms with E-state index in [-0.39, 0.29) is 17.9 Å². The first-order chi connectivity index (χ1) is 9.10. The molecule has 0 aliphatic heterocycles. The van der Waals surface area contributed by atoms with Gasteiger partial charge in [-0.05, 0) is 43.5 Å². The van der Waals surface area contributed by atoms with Crippen molar-refractivity contribution in [2.45, 2.75) is 26.2 Å². The van der Waals surface area contributed by atoms with Crippen molar-refractivity contribution in [3.8, 4) is 0 Å². The first kappa shape index (κ1) is 14.1. The smallest absolute Gasteiger partial charge is 0.179 e. The molecule has 1 aromatic carbocycles. The molecular formula is C15H19F2NO. The van der Waals surface area contributed by atoms with Crippen molar-refractivity contribution in [1.82, 2.24) is 4.90 Å². The van der Waals surface area contributed by atoms with Gasteiger partial charge in [-0.1, -0.05) is 13.3 Å². The Bertz CT molecular complexity index is 457. The van der Waals surface area contributed by atoms with Crippen LogP contribution >= 0.6 is 0 Å². The highest BCUT2D eigenvalue weighted by Crippen LogP contribution is 2.27. The fourth-order valence-electron chi connectivity index (χ4n) is 2.35. The number of carbonyl (C=O) groups is 1. The maximum absolute atomic E-state index is 13.5. The number of ketones is 1. The zero-order chi connectivity index (χ0) is 13.8. The average molecular weight is 267 g/mol. The molecule has 1 saturated carbocycles. The van der Waals surface area contributed by atoms with E-state index < -0.39 is 11.6 Å². The summed E-state index contributed by atoms with van der Waals surface area (Å²) in [7, 11) is 0. The molecule has 0 aromatic heterocycles. The van der Waals surface area contributed by atoms with Crippen molar-refractivity contribution in [1.29, 1.82) is 0 Å². The minimum absolute atomic E-state index is 0.146. The van der Waals surface area contributed by atoms with Crippen LogP contribution in [0.5, 0.6) is 0 Å². The quantitative estimate of drug-likeness (QED) is 0.737. The molecule has 0 spiro atoms. The van der Waals surface area contributed by atoms with Crippen molar-refractivity contribution >= 4 is 5.78 Å². The number of likely N-dealkylation sites (N-methyl/N-ethyl adjacent to an activating group) is 1. The third-order valence-corrected chi connectivity index (χ3v) is 3.78. The number of Topliss-reactive ketones (excluding diaryl/α,β-unsaturated/α-hetero) is 1. The molecule has 104 valence electrons. The van der Waals surface area contributed by atoms with Crippen molar-refractivity contribution in [3.05, 3.63) is 35.4 Å². The maximum atomic E-state index is 13.5. The Morgan fingerprint density at radius 3 is 2.68 bits per heavy atom. The summed E-state index contributed by atoms with van der Waals surface area (Å²) in [5.41, 5.74) is -0.146. The summed E-state index contributed by atoms with van der Waals surface area (Å²) < 4.78 is 26.6. The molecule has 1 aliphatic carbocycles. The van der Waals surface area contributed by atoms with Gasteiger partial charge in [-0.25, -0.2) is 8.78 Å². The molecule has 0 bridgehead atoms. The fourth-order valence-corrected chi connectivity index (χ4v) is 2.35. The lowest BCUT2D eigenvalue weighted by Gasteiger charge is -2.31. The van der Waals surface area contributed by atoms with Gasteiger partial charge in [-0.3, -0.25) is 9.69 Å². The normalized spacial score (nSPS) is 15.6. The number of halogens is 2. The minimum atomic E-state index is -0.647. The largest absolute Gasteiger partial charge is 0.296 e. The van der Waals surface area contributed by atoms with Gasteiger partial charge in [0.15, 0.2) is 5.78 Å². The summed E-state index contributed by atoms with van der Waals surface area (Å²) in [6.07, 6.45) is 3.67. The van der Waals surface area contributed by atoms with Crippen LogP contribution < -0.4 is 0 Å². The van der Waals surface area contributed by atoms with Crippen LogP contribution in [0, 0.1) is 17.6 Å². The summed E-state index contributed by atoms with van der Waals surface area (Å²) >= 11 is 0. The topological polar surface area (TPSA) is 20.3 Å². The Balaban J connectivity index is 1.99.